The minimum atomic E-state index is -0.471. The zero-order valence-electron chi connectivity index (χ0n) is 11.6. The molecule has 0 atom stereocenters. The van der Waals surface area contributed by atoms with Crippen LogP contribution < -0.4 is 15.8 Å². The highest BCUT2D eigenvalue weighted by Crippen LogP contribution is 2.27. The molecule has 1 aliphatic rings. The van der Waals surface area contributed by atoms with Crippen molar-refractivity contribution < 1.29 is 14.6 Å². The maximum atomic E-state index is 12.0. The highest BCUT2D eigenvalue weighted by Gasteiger charge is 2.32. The van der Waals surface area contributed by atoms with E-state index < -0.39 is 5.54 Å². The Morgan fingerprint density at radius 3 is 2.65 bits per heavy atom. The Bertz CT molecular complexity index is 456. The van der Waals surface area contributed by atoms with Crippen molar-refractivity contribution >= 4 is 11.6 Å². The molecular formula is C15H22N2O3. The van der Waals surface area contributed by atoms with Crippen molar-refractivity contribution in [2.24, 2.45) is 0 Å². The summed E-state index contributed by atoms with van der Waals surface area (Å²) >= 11 is 0. The summed E-state index contributed by atoms with van der Waals surface area (Å²) in [6, 6.07) is 7.07. The number of hydrogen-bond donors (Lipinski definition) is 3. The first-order valence-electron chi connectivity index (χ1n) is 7.04. The highest BCUT2D eigenvalue weighted by atomic mass is 16.5. The lowest BCUT2D eigenvalue weighted by Gasteiger charge is -2.36. The summed E-state index contributed by atoms with van der Waals surface area (Å²) in [5, 5.41) is 12.5. The molecule has 0 aliphatic heterocycles. The van der Waals surface area contributed by atoms with Crippen LogP contribution in [0, 0.1) is 0 Å². The van der Waals surface area contributed by atoms with Crippen molar-refractivity contribution in [2.45, 2.75) is 37.6 Å². The predicted octanol–water partition coefficient (Wildman–Crippen LogP) is 1.46. The molecule has 0 radical (unpaired) electrons. The van der Waals surface area contributed by atoms with E-state index in [1.807, 2.05) is 6.07 Å². The number of carbonyl (C=O) groups is 1. The van der Waals surface area contributed by atoms with Crippen molar-refractivity contribution in [3.63, 3.8) is 0 Å². The monoisotopic (exact) mass is 278 g/mol. The Hall–Kier alpha value is -1.75. The van der Waals surface area contributed by atoms with E-state index in [-0.39, 0.29) is 19.1 Å². The molecule has 0 heterocycles. The van der Waals surface area contributed by atoms with Gasteiger partial charge in [-0.3, -0.25) is 4.79 Å². The Morgan fingerprint density at radius 2 is 2.00 bits per heavy atom. The molecule has 1 saturated carbocycles. The molecule has 5 heteroatoms. The SMILES string of the molecule is Nc1ccccc1OCC(=O)NC1(CO)CCCCC1. The summed E-state index contributed by atoms with van der Waals surface area (Å²) in [4.78, 5) is 12.0. The number of rotatable bonds is 5. The summed E-state index contributed by atoms with van der Waals surface area (Å²) in [7, 11) is 0. The van der Waals surface area contributed by atoms with Crippen molar-refractivity contribution in [1.82, 2.24) is 5.32 Å². The molecule has 4 N–H and O–H groups in total. The predicted molar refractivity (Wildman–Crippen MR) is 77.4 cm³/mol. The van der Waals surface area contributed by atoms with Crippen LogP contribution in [0.4, 0.5) is 5.69 Å². The Labute approximate surface area is 119 Å². The second-order valence-corrected chi connectivity index (χ2v) is 5.37. The van der Waals surface area contributed by atoms with Gasteiger partial charge in [-0.2, -0.15) is 0 Å². The number of ether oxygens (including phenoxy) is 1. The zero-order chi connectivity index (χ0) is 14.4. The number of nitrogen functional groups attached to an aromatic ring is 1. The third-order valence-corrected chi connectivity index (χ3v) is 3.80. The van der Waals surface area contributed by atoms with Gasteiger partial charge in [-0.15, -0.1) is 0 Å². The number of aliphatic hydroxyl groups is 1. The summed E-state index contributed by atoms with van der Waals surface area (Å²) in [5.74, 6) is 0.286. The lowest BCUT2D eigenvalue weighted by atomic mass is 9.82. The van der Waals surface area contributed by atoms with Crippen molar-refractivity contribution in [1.29, 1.82) is 0 Å². The fourth-order valence-corrected chi connectivity index (χ4v) is 2.64. The lowest BCUT2D eigenvalue weighted by molar-refractivity contribution is -0.126. The highest BCUT2D eigenvalue weighted by molar-refractivity contribution is 5.78. The molecule has 2 rings (SSSR count). The molecule has 0 saturated heterocycles. The van der Waals surface area contributed by atoms with Gasteiger partial charge in [-0.05, 0) is 25.0 Å². The second kappa shape index (κ2) is 6.61. The van der Waals surface area contributed by atoms with Crippen molar-refractivity contribution in [2.75, 3.05) is 18.9 Å². The number of benzene rings is 1. The number of nitrogens with two attached hydrogens (primary N) is 1. The van der Waals surface area contributed by atoms with Crippen LogP contribution in [0.5, 0.6) is 5.75 Å². The number of aliphatic hydroxyl groups excluding tert-OH is 1. The molecule has 0 unspecified atom stereocenters. The van der Waals surface area contributed by atoms with Crippen LogP contribution in [-0.4, -0.2) is 29.8 Å². The maximum Gasteiger partial charge on any atom is 0.258 e. The Balaban J connectivity index is 1.87. The van der Waals surface area contributed by atoms with Crippen LogP contribution in [0.25, 0.3) is 0 Å². The molecule has 0 aromatic heterocycles. The topological polar surface area (TPSA) is 84.6 Å². The van der Waals surface area contributed by atoms with E-state index in [4.69, 9.17) is 10.5 Å². The van der Waals surface area contributed by atoms with Crippen LogP contribution in [0.2, 0.25) is 0 Å². The fraction of sp³-hybridized carbons (Fsp3) is 0.533. The number of para-hydroxylation sites is 2. The van der Waals surface area contributed by atoms with Crippen LogP contribution in [0.1, 0.15) is 32.1 Å². The van der Waals surface area contributed by atoms with E-state index in [9.17, 15) is 9.90 Å². The van der Waals surface area contributed by atoms with Crippen LogP contribution in [0.3, 0.4) is 0 Å². The van der Waals surface area contributed by atoms with Gasteiger partial charge in [-0.25, -0.2) is 0 Å². The second-order valence-electron chi connectivity index (χ2n) is 5.37. The average Bonchev–Trinajstić information content (AvgIpc) is 2.47. The van der Waals surface area contributed by atoms with Crippen molar-refractivity contribution in [3.8, 4) is 5.75 Å². The van der Waals surface area contributed by atoms with Gasteiger partial charge in [-0.1, -0.05) is 31.4 Å². The van der Waals surface area contributed by atoms with Gasteiger partial charge in [0.2, 0.25) is 0 Å². The number of carbonyl (C=O) groups excluding carboxylic acids is 1. The molecule has 1 aromatic carbocycles. The maximum absolute atomic E-state index is 12.0. The van der Waals surface area contributed by atoms with Gasteiger partial charge in [0, 0.05) is 0 Å². The van der Waals surface area contributed by atoms with Gasteiger partial charge in [0.25, 0.3) is 5.91 Å². The summed E-state index contributed by atoms with van der Waals surface area (Å²) in [6.07, 6.45) is 4.88. The average molecular weight is 278 g/mol. The van der Waals surface area contributed by atoms with Crippen LogP contribution in [0.15, 0.2) is 24.3 Å². The summed E-state index contributed by atoms with van der Waals surface area (Å²) in [6.45, 7) is -0.109. The van der Waals surface area contributed by atoms with E-state index in [0.717, 1.165) is 32.1 Å². The van der Waals surface area contributed by atoms with Gasteiger partial charge >= 0.3 is 0 Å². The summed E-state index contributed by atoms with van der Waals surface area (Å²) in [5.41, 5.74) is 5.78. The minimum Gasteiger partial charge on any atom is -0.482 e. The molecule has 1 amide bonds. The Morgan fingerprint density at radius 1 is 1.30 bits per heavy atom. The largest absolute Gasteiger partial charge is 0.482 e. The molecule has 1 aliphatic carbocycles. The number of nitrogens with one attached hydrogen (secondary N) is 1. The zero-order valence-corrected chi connectivity index (χ0v) is 11.6. The fourth-order valence-electron chi connectivity index (χ4n) is 2.64. The van der Waals surface area contributed by atoms with Gasteiger partial charge in [0.1, 0.15) is 5.75 Å². The molecule has 5 nitrogen and oxygen atoms in total. The van der Waals surface area contributed by atoms with Crippen LogP contribution >= 0.6 is 0 Å². The first kappa shape index (κ1) is 14.7. The minimum absolute atomic E-state index is 0.0216. The lowest BCUT2D eigenvalue weighted by Crippen LogP contribution is -2.53. The number of anilines is 1. The van der Waals surface area contributed by atoms with E-state index >= 15 is 0 Å². The van der Waals surface area contributed by atoms with Gasteiger partial charge in [0.15, 0.2) is 6.61 Å². The first-order chi connectivity index (χ1) is 9.65. The van der Waals surface area contributed by atoms with E-state index in [0.29, 0.717) is 11.4 Å². The molecule has 20 heavy (non-hydrogen) atoms. The molecular weight excluding hydrogens is 256 g/mol. The van der Waals surface area contributed by atoms with E-state index in [2.05, 4.69) is 5.32 Å². The third-order valence-electron chi connectivity index (χ3n) is 3.80. The number of hydrogen-bond acceptors (Lipinski definition) is 4. The molecule has 110 valence electrons. The van der Waals surface area contributed by atoms with Gasteiger partial charge < -0.3 is 20.9 Å². The van der Waals surface area contributed by atoms with E-state index in [1.165, 1.54) is 0 Å². The molecule has 0 spiro atoms. The number of amides is 1. The van der Waals surface area contributed by atoms with E-state index in [1.54, 1.807) is 18.2 Å². The molecule has 1 fully saturated rings. The third kappa shape index (κ3) is 3.63. The Kier molecular flexibility index (Phi) is 4.84. The normalized spacial score (nSPS) is 17.4. The van der Waals surface area contributed by atoms with Crippen molar-refractivity contribution in [3.05, 3.63) is 24.3 Å². The molecule has 0 bridgehead atoms. The van der Waals surface area contributed by atoms with Crippen LogP contribution in [-0.2, 0) is 4.79 Å². The quantitative estimate of drug-likeness (QED) is 0.712. The van der Waals surface area contributed by atoms with Gasteiger partial charge in [0.05, 0.1) is 17.8 Å². The smallest absolute Gasteiger partial charge is 0.258 e. The standard InChI is InChI=1S/C15H22N2O3/c16-12-6-2-3-7-13(12)20-10-14(19)17-15(11-18)8-4-1-5-9-15/h2-3,6-7,18H,1,4-5,8-11,16H2,(H,17,19). The first-order valence-corrected chi connectivity index (χ1v) is 7.04. The summed E-state index contributed by atoms with van der Waals surface area (Å²) < 4.78 is 5.41. The molecule has 1 aromatic rings.